The number of aromatic nitrogens is 1. The van der Waals surface area contributed by atoms with Gasteiger partial charge in [0.1, 0.15) is 0 Å². The smallest absolute Gasteiger partial charge is 0.0406 e. The van der Waals surface area contributed by atoms with E-state index in [1.165, 1.54) is 57.1 Å². The van der Waals surface area contributed by atoms with Crippen molar-refractivity contribution in [2.24, 2.45) is 5.92 Å². The molecule has 0 aliphatic rings. The van der Waals surface area contributed by atoms with E-state index in [0.29, 0.717) is 0 Å². The lowest BCUT2D eigenvalue weighted by molar-refractivity contribution is 0.409. The Kier molecular flexibility index (Phi) is 13.0. The molecule has 1 atom stereocenters. The van der Waals surface area contributed by atoms with E-state index in [4.69, 9.17) is 0 Å². The molecule has 0 amide bonds. The van der Waals surface area contributed by atoms with E-state index >= 15 is 0 Å². The first-order chi connectivity index (χ1) is 9.36. The number of unbranched alkanes of at least 4 members (excludes halogenated alkanes) is 3. The third kappa shape index (κ3) is 9.69. The van der Waals surface area contributed by atoms with Crippen molar-refractivity contribution in [1.29, 1.82) is 0 Å². The van der Waals surface area contributed by atoms with Gasteiger partial charge in [0.15, 0.2) is 0 Å². The molecule has 0 aliphatic carbocycles. The highest BCUT2D eigenvalue weighted by Crippen LogP contribution is 2.20. The first-order valence-electron chi connectivity index (χ1n) is 8.26. The molecule has 1 heterocycles. The minimum atomic E-state index is 0.844. The van der Waals surface area contributed by atoms with Crippen molar-refractivity contribution < 1.29 is 0 Å². The van der Waals surface area contributed by atoms with Gasteiger partial charge >= 0.3 is 0 Å². The minimum Gasteiger partial charge on any atom is -0.261 e. The molecule has 0 aromatic carbocycles. The largest absolute Gasteiger partial charge is 0.261 e. The Labute approximate surface area is 120 Å². The van der Waals surface area contributed by atoms with E-state index in [1.807, 2.05) is 26.1 Å². The molecule has 19 heavy (non-hydrogen) atoms. The molecule has 1 aromatic heterocycles. The molecule has 0 fully saturated rings. The van der Waals surface area contributed by atoms with Crippen LogP contribution < -0.4 is 0 Å². The normalized spacial score (nSPS) is 11.6. The SMILES string of the molecule is CC.CCCCCC(CCCC)Cc1ccccn1. The van der Waals surface area contributed by atoms with Crippen molar-refractivity contribution in [3.63, 3.8) is 0 Å². The fourth-order valence-electron chi connectivity index (χ4n) is 2.34. The summed E-state index contributed by atoms with van der Waals surface area (Å²) in [6, 6.07) is 6.27. The topological polar surface area (TPSA) is 12.9 Å². The first kappa shape index (κ1) is 18.1. The molecule has 0 aliphatic heterocycles. The number of rotatable bonds is 9. The highest BCUT2D eigenvalue weighted by Gasteiger charge is 2.09. The summed E-state index contributed by atoms with van der Waals surface area (Å²) in [5.41, 5.74) is 1.27. The van der Waals surface area contributed by atoms with Crippen LogP contribution in [-0.2, 0) is 6.42 Å². The lowest BCUT2D eigenvalue weighted by atomic mass is 9.91. The van der Waals surface area contributed by atoms with Gasteiger partial charge in [0.2, 0.25) is 0 Å². The monoisotopic (exact) mass is 263 g/mol. The van der Waals surface area contributed by atoms with Crippen molar-refractivity contribution in [3.05, 3.63) is 30.1 Å². The van der Waals surface area contributed by atoms with Crippen LogP contribution in [0.1, 0.15) is 78.3 Å². The Balaban J connectivity index is 0.00000154. The molecule has 110 valence electrons. The fraction of sp³-hybridized carbons (Fsp3) is 0.722. The van der Waals surface area contributed by atoms with Gasteiger partial charge in [0.05, 0.1) is 0 Å². The fourth-order valence-corrected chi connectivity index (χ4v) is 2.34. The van der Waals surface area contributed by atoms with Crippen molar-refractivity contribution in [3.8, 4) is 0 Å². The second-order valence-corrected chi connectivity index (χ2v) is 5.03. The average Bonchev–Trinajstić information content (AvgIpc) is 2.48. The molecular formula is C18H33N. The summed E-state index contributed by atoms with van der Waals surface area (Å²) in [7, 11) is 0. The second kappa shape index (κ2) is 13.6. The van der Waals surface area contributed by atoms with Gasteiger partial charge in [0, 0.05) is 11.9 Å². The standard InChI is InChI=1S/C16H27N.C2H6/c1-3-5-7-11-15(10-6-4-2)14-16-12-8-9-13-17-16;1-2/h8-9,12-13,15H,3-7,10-11,14H2,1-2H3;1-2H3. The van der Waals surface area contributed by atoms with Crippen LogP contribution in [-0.4, -0.2) is 4.98 Å². The van der Waals surface area contributed by atoms with E-state index in [-0.39, 0.29) is 0 Å². The van der Waals surface area contributed by atoms with Gasteiger partial charge in [-0.15, -0.1) is 0 Å². The highest BCUT2D eigenvalue weighted by atomic mass is 14.7. The van der Waals surface area contributed by atoms with Gasteiger partial charge in [-0.2, -0.15) is 0 Å². The maximum atomic E-state index is 4.45. The van der Waals surface area contributed by atoms with Crippen molar-refractivity contribution in [1.82, 2.24) is 4.98 Å². The molecule has 0 spiro atoms. The van der Waals surface area contributed by atoms with Crippen LogP contribution >= 0.6 is 0 Å². The highest BCUT2D eigenvalue weighted by molar-refractivity contribution is 5.04. The molecule has 0 radical (unpaired) electrons. The van der Waals surface area contributed by atoms with Gasteiger partial charge in [-0.1, -0.05) is 78.7 Å². The zero-order valence-electron chi connectivity index (χ0n) is 13.5. The minimum absolute atomic E-state index is 0.844. The van der Waals surface area contributed by atoms with Gasteiger partial charge in [-0.25, -0.2) is 0 Å². The summed E-state index contributed by atoms with van der Waals surface area (Å²) in [5.74, 6) is 0.844. The Morgan fingerprint density at radius 2 is 1.63 bits per heavy atom. The lowest BCUT2D eigenvalue weighted by Crippen LogP contribution is -2.06. The summed E-state index contributed by atoms with van der Waals surface area (Å²) in [6.07, 6.45) is 12.6. The number of nitrogens with zero attached hydrogens (tertiary/aromatic N) is 1. The molecule has 1 nitrogen and oxygen atoms in total. The van der Waals surface area contributed by atoms with E-state index in [2.05, 4.69) is 31.0 Å². The summed E-state index contributed by atoms with van der Waals surface area (Å²) in [5, 5.41) is 0. The quantitative estimate of drug-likeness (QED) is 0.495. The Hall–Kier alpha value is -0.850. The summed E-state index contributed by atoms with van der Waals surface area (Å²) < 4.78 is 0. The molecule has 0 saturated carbocycles. The predicted octanol–water partition coefficient (Wildman–Crippen LogP) is 6.04. The zero-order valence-corrected chi connectivity index (χ0v) is 13.5. The van der Waals surface area contributed by atoms with Crippen LogP contribution in [0.5, 0.6) is 0 Å². The van der Waals surface area contributed by atoms with Gasteiger partial charge in [-0.3, -0.25) is 4.98 Å². The molecule has 1 unspecified atom stereocenters. The van der Waals surface area contributed by atoms with Crippen molar-refractivity contribution >= 4 is 0 Å². The number of hydrogen-bond donors (Lipinski definition) is 0. The zero-order chi connectivity index (χ0) is 14.3. The predicted molar refractivity (Wildman–Crippen MR) is 86.4 cm³/mol. The Morgan fingerprint density at radius 3 is 2.21 bits per heavy atom. The van der Waals surface area contributed by atoms with Crippen LogP contribution in [0.4, 0.5) is 0 Å². The van der Waals surface area contributed by atoms with Gasteiger partial charge in [0.25, 0.3) is 0 Å². The van der Waals surface area contributed by atoms with Crippen LogP contribution in [0.2, 0.25) is 0 Å². The average molecular weight is 263 g/mol. The molecule has 1 aromatic rings. The number of pyridine rings is 1. The Morgan fingerprint density at radius 1 is 0.947 bits per heavy atom. The van der Waals surface area contributed by atoms with E-state index in [0.717, 1.165) is 5.92 Å². The van der Waals surface area contributed by atoms with Crippen LogP contribution in [0.3, 0.4) is 0 Å². The third-order valence-electron chi connectivity index (χ3n) is 3.41. The second-order valence-electron chi connectivity index (χ2n) is 5.03. The maximum absolute atomic E-state index is 4.45. The molecule has 0 saturated heterocycles. The number of hydrogen-bond acceptors (Lipinski definition) is 1. The maximum Gasteiger partial charge on any atom is 0.0406 e. The summed E-state index contributed by atoms with van der Waals surface area (Å²) >= 11 is 0. The van der Waals surface area contributed by atoms with E-state index in [9.17, 15) is 0 Å². The molecule has 1 heteroatoms. The van der Waals surface area contributed by atoms with Gasteiger partial charge < -0.3 is 0 Å². The Bertz CT molecular complexity index is 268. The van der Waals surface area contributed by atoms with Gasteiger partial charge in [-0.05, 0) is 24.5 Å². The summed E-state index contributed by atoms with van der Waals surface area (Å²) in [4.78, 5) is 4.45. The molecular weight excluding hydrogens is 230 g/mol. The van der Waals surface area contributed by atoms with Crippen molar-refractivity contribution in [2.75, 3.05) is 0 Å². The van der Waals surface area contributed by atoms with E-state index < -0.39 is 0 Å². The third-order valence-corrected chi connectivity index (χ3v) is 3.41. The van der Waals surface area contributed by atoms with Crippen molar-refractivity contribution in [2.45, 2.75) is 79.1 Å². The van der Waals surface area contributed by atoms with Crippen LogP contribution in [0.15, 0.2) is 24.4 Å². The molecule has 0 N–H and O–H groups in total. The molecule has 1 rings (SSSR count). The first-order valence-corrected chi connectivity index (χ1v) is 8.26. The van der Waals surface area contributed by atoms with Crippen LogP contribution in [0.25, 0.3) is 0 Å². The van der Waals surface area contributed by atoms with Crippen LogP contribution in [0, 0.1) is 5.92 Å². The van der Waals surface area contributed by atoms with E-state index in [1.54, 1.807) is 0 Å². The molecule has 0 bridgehead atoms. The lowest BCUT2D eigenvalue weighted by Gasteiger charge is -2.16. The summed E-state index contributed by atoms with van der Waals surface area (Å²) in [6.45, 7) is 8.56.